The quantitative estimate of drug-likeness (QED) is 0.775. The van der Waals surface area contributed by atoms with E-state index < -0.39 is 5.97 Å². The van der Waals surface area contributed by atoms with Crippen LogP contribution in [-0.4, -0.2) is 17.1 Å². The normalized spacial score (nSPS) is 23.1. The van der Waals surface area contributed by atoms with Gasteiger partial charge >= 0.3 is 5.97 Å². The Kier molecular flexibility index (Phi) is 5.45. The molecule has 0 saturated heterocycles. The van der Waals surface area contributed by atoms with Gasteiger partial charge < -0.3 is 10.4 Å². The molecular weight excluding hydrogens is 250 g/mol. The molecule has 0 spiro atoms. The maximum Gasteiger partial charge on any atom is 0.335 e. The molecule has 1 aliphatic rings. The van der Waals surface area contributed by atoms with E-state index in [0.29, 0.717) is 11.6 Å². The molecule has 2 atom stereocenters. The minimum absolute atomic E-state index is 0.354. The minimum Gasteiger partial charge on any atom is -0.478 e. The van der Waals surface area contributed by atoms with Crippen molar-refractivity contribution in [2.24, 2.45) is 5.92 Å². The van der Waals surface area contributed by atoms with Crippen molar-refractivity contribution in [2.75, 3.05) is 5.32 Å². The summed E-state index contributed by atoms with van der Waals surface area (Å²) in [5, 5.41) is 12.5. The van der Waals surface area contributed by atoms with E-state index in [1.54, 1.807) is 12.1 Å². The third-order valence-electron chi connectivity index (χ3n) is 4.27. The van der Waals surface area contributed by atoms with E-state index in [2.05, 4.69) is 12.2 Å². The molecule has 3 nitrogen and oxygen atoms in total. The first kappa shape index (κ1) is 14.9. The lowest BCUT2D eigenvalue weighted by molar-refractivity contribution is 0.0697. The summed E-state index contributed by atoms with van der Waals surface area (Å²) in [5.41, 5.74) is 1.29. The fraction of sp³-hybridized carbons (Fsp3) is 0.588. The van der Waals surface area contributed by atoms with Crippen molar-refractivity contribution in [2.45, 2.75) is 57.9 Å². The predicted molar refractivity (Wildman–Crippen MR) is 82.3 cm³/mol. The Morgan fingerprint density at radius 2 is 2.15 bits per heavy atom. The second-order valence-electron chi connectivity index (χ2n) is 5.89. The third kappa shape index (κ3) is 4.26. The Morgan fingerprint density at radius 3 is 2.90 bits per heavy atom. The van der Waals surface area contributed by atoms with Crippen molar-refractivity contribution in [1.29, 1.82) is 0 Å². The maximum atomic E-state index is 11.0. The summed E-state index contributed by atoms with van der Waals surface area (Å²) in [6, 6.07) is 7.62. The van der Waals surface area contributed by atoms with E-state index in [9.17, 15) is 4.79 Å². The molecule has 0 bridgehead atoms. The van der Waals surface area contributed by atoms with Gasteiger partial charge in [-0.25, -0.2) is 4.79 Å². The summed E-state index contributed by atoms with van der Waals surface area (Å²) in [4.78, 5) is 11.0. The largest absolute Gasteiger partial charge is 0.478 e. The molecule has 2 unspecified atom stereocenters. The summed E-state index contributed by atoms with van der Waals surface area (Å²) in [6.07, 6.45) is 8.94. The molecule has 1 aromatic carbocycles. The van der Waals surface area contributed by atoms with Crippen molar-refractivity contribution in [1.82, 2.24) is 0 Å². The first-order valence-corrected chi connectivity index (χ1v) is 7.79. The molecule has 2 N–H and O–H groups in total. The van der Waals surface area contributed by atoms with Gasteiger partial charge in [0.05, 0.1) is 5.56 Å². The number of benzene rings is 1. The molecule has 0 aromatic heterocycles. The van der Waals surface area contributed by atoms with Gasteiger partial charge in [-0.05, 0) is 43.4 Å². The lowest BCUT2D eigenvalue weighted by atomic mass is 9.95. The highest BCUT2D eigenvalue weighted by atomic mass is 16.4. The van der Waals surface area contributed by atoms with Crippen LogP contribution < -0.4 is 5.32 Å². The third-order valence-corrected chi connectivity index (χ3v) is 4.27. The monoisotopic (exact) mass is 275 g/mol. The van der Waals surface area contributed by atoms with E-state index >= 15 is 0 Å². The van der Waals surface area contributed by atoms with Crippen LogP contribution in [0.15, 0.2) is 24.3 Å². The molecule has 1 saturated carbocycles. The zero-order chi connectivity index (χ0) is 14.4. The second kappa shape index (κ2) is 7.32. The number of aromatic carboxylic acids is 1. The molecule has 0 radical (unpaired) electrons. The van der Waals surface area contributed by atoms with Gasteiger partial charge in [-0.1, -0.05) is 38.7 Å². The van der Waals surface area contributed by atoms with Crippen LogP contribution in [0.1, 0.15) is 62.2 Å². The van der Waals surface area contributed by atoms with E-state index in [1.807, 2.05) is 12.1 Å². The van der Waals surface area contributed by atoms with Crippen molar-refractivity contribution in [3.8, 4) is 0 Å². The molecule has 0 heterocycles. The van der Waals surface area contributed by atoms with Gasteiger partial charge in [-0.3, -0.25) is 0 Å². The first-order chi connectivity index (χ1) is 9.69. The average molecular weight is 275 g/mol. The summed E-state index contributed by atoms with van der Waals surface area (Å²) in [6.45, 7) is 2.26. The van der Waals surface area contributed by atoms with Gasteiger partial charge in [0.1, 0.15) is 0 Å². The van der Waals surface area contributed by atoms with Gasteiger partial charge in [0.15, 0.2) is 0 Å². The van der Waals surface area contributed by atoms with Crippen molar-refractivity contribution >= 4 is 11.7 Å². The number of carboxylic acid groups (broad SMARTS) is 1. The SMILES string of the molecule is CCCC1CCCC(Nc2cccc(C(=O)O)c2)CC1. The molecule has 20 heavy (non-hydrogen) atoms. The summed E-state index contributed by atoms with van der Waals surface area (Å²) in [5.74, 6) is 0.0229. The number of carbonyl (C=O) groups is 1. The highest BCUT2D eigenvalue weighted by Crippen LogP contribution is 2.28. The van der Waals surface area contributed by atoms with E-state index in [4.69, 9.17) is 5.11 Å². The van der Waals surface area contributed by atoms with Crippen LogP contribution in [0.3, 0.4) is 0 Å². The first-order valence-electron chi connectivity index (χ1n) is 7.79. The number of hydrogen-bond acceptors (Lipinski definition) is 2. The number of anilines is 1. The Hall–Kier alpha value is -1.51. The highest BCUT2D eigenvalue weighted by Gasteiger charge is 2.18. The van der Waals surface area contributed by atoms with E-state index in [-0.39, 0.29) is 0 Å². The van der Waals surface area contributed by atoms with E-state index in [1.165, 1.54) is 44.9 Å². The molecule has 0 amide bonds. The lowest BCUT2D eigenvalue weighted by Gasteiger charge is -2.18. The predicted octanol–water partition coefficient (Wildman–Crippen LogP) is 4.55. The smallest absolute Gasteiger partial charge is 0.335 e. The van der Waals surface area contributed by atoms with Gasteiger partial charge in [0.2, 0.25) is 0 Å². The van der Waals surface area contributed by atoms with Crippen LogP contribution in [0.25, 0.3) is 0 Å². The van der Waals surface area contributed by atoms with Gasteiger partial charge in [0, 0.05) is 11.7 Å². The Morgan fingerprint density at radius 1 is 1.30 bits per heavy atom. The molecule has 1 aliphatic carbocycles. The summed E-state index contributed by atoms with van der Waals surface area (Å²) >= 11 is 0. The maximum absolute atomic E-state index is 11.0. The lowest BCUT2D eigenvalue weighted by Crippen LogP contribution is -2.18. The topological polar surface area (TPSA) is 49.3 Å². The molecule has 2 rings (SSSR count). The van der Waals surface area contributed by atoms with Crippen LogP contribution in [0.4, 0.5) is 5.69 Å². The summed E-state index contributed by atoms with van der Waals surface area (Å²) < 4.78 is 0. The van der Waals surface area contributed by atoms with Crippen LogP contribution >= 0.6 is 0 Å². The van der Waals surface area contributed by atoms with Gasteiger partial charge in [-0.15, -0.1) is 0 Å². The second-order valence-corrected chi connectivity index (χ2v) is 5.89. The van der Waals surface area contributed by atoms with Crippen LogP contribution in [-0.2, 0) is 0 Å². The molecule has 3 heteroatoms. The minimum atomic E-state index is -0.863. The zero-order valence-electron chi connectivity index (χ0n) is 12.3. The average Bonchev–Trinajstić information content (AvgIpc) is 2.65. The number of hydrogen-bond donors (Lipinski definition) is 2. The highest BCUT2D eigenvalue weighted by molar-refractivity contribution is 5.88. The Labute approximate surface area is 121 Å². The van der Waals surface area contributed by atoms with Crippen LogP contribution in [0.5, 0.6) is 0 Å². The standard InChI is InChI=1S/C17H25NO2/c1-2-5-13-6-3-8-15(11-10-13)18-16-9-4-7-14(12-16)17(19)20/h4,7,9,12-13,15,18H,2-3,5-6,8,10-11H2,1H3,(H,19,20). The molecule has 0 aliphatic heterocycles. The Balaban J connectivity index is 1.93. The fourth-order valence-electron chi connectivity index (χ4n) is 3.20. The number of carboxylic acids is 1. The van der Waals surface area contributed by atoms with Gasteiger partial charge in [-0.2, -0.15) is 0 Å². The molecule has 1 aromatic rings. The van der Waals surface area contributed by atoms with Crippen molar-refractivity contribution in [3.63, 3.8) is 0 Å². The molecule has 110 valence electrons. The van der Waals surface area contributed by atoms with Crippen LogP contribution in [0.2, 0.25) is 0 Å². The fourth-order valence-corrected chi connectivity index (χ4v) is 3.20. The van der Waals surface area contributed by atoms with Gasteiger partial charge in [0.25, 0.3) is 0 Å². The number of rotatable bonds is 5. The zero-order valence-corrected chi connectivity index (χ0v) is 12.3. The van der Waals surface area contributed by atoms with E-state index in [0.717, 1.165) is 11.6 Å². The Bertz CT molecular complexity index is 444. The van der Waals surface area contributed by atoms with Crippen molar-refractivity contribution < 1.29 is 9.90 Å². The molecule has 1 fully saturated rings. The summed E-state index contributed by atoms with van der Waals surface area (Å²) in [7, 11) is 0. The molecular formula is C17H25NO2. The number of nitrogens with one attached hydrogen (secondary N) is 1. The van der Waals surface area contributed by atoms with Crippen molar-refractivity contribution in [3.05, 3.63) is 29.8 Å². The van der Waals surface area contributed by atoms with Crippen LogP contribution in [0, 0.1) is 5.92 Å².